The first-order valence-corrected chi connectivity index (χ1v) is 9.80. The summed E-state index contributed by atoms with van der Waals surface area (Å²) in [5, 5.41) is 0. The van der Waals surface area contributed by atoms with Gasteiger partial charge < -0.3 is 14.2 Å². The van der Waals surface area contributed by atoms with Crippen LogP contribution >= 0.6 is 0 Å². The summed E-state index contributed by atoms with van der Waals surface area (Å²) < 4.78 is 31.0. The van der Waals surface area contributed by atoms with Gasteiger partial charge in [0.1, 0.15) is 17.9 Å². The van der Waals surface area contributed by atoms with Crippen LogP contribution in [0.25, 0.3) is 0 Å². The van der Waals surface area contributed by atoms with Gasteiger partial charge in [-0.05, 0) is 36.2 Å². The van der Waals surface area contributed by atoms with Crippen molar-refractivity contribution in [2.45, 2.75) is 45.3 Å². The predicted octanol–water partition coefficient (Wildman–Crippen LogP) is 5.15. The van der Waals surface area contributed by atoms with Crippen molar-refractivity contribution in [1.82, 2.24) is 0 Å². The Hall–Kier alpha value is -2.56. The lowest BCUT2D eigenvalue weighted by molar-refractivity contribution is 0.0467. The third kappa shape index (κ3) is 3.58. The molecule has 0 saturated heterocycles. The van der Waals surface area contributed by atoms with Gasteiger partial charge in [-0.1, -0.05) is 43.7 Å². The van der Waals surface area contributed by atoms with Gasteiger partial charge in [-0.25, -0.2) is 9.18 Å². The van der Waals surface area contributed by atoms with Crippen LogP contribution < -0.4 is 9.47 Å². The van der Waals surface area contributed by atoms with Gasteiger partial charge in [0.25, 0.3) is 0 Å². The lowest BCUT2D eigenvalue weighted by Gasteiger charge is -2.19. The van der Waals surface area contributed by atoms with Crippen LogP contribution in [0.4, 0.5) is 4.39 Å². The van der Waals surface area contributed by atoms with Crippen molar-refractivity contribution in [3.8, 4) is 11.5 Å². The molecule has 2 fully saturated rings. The Bertz CT molecular complexity index is 862. The average Bonchev–Trinajstić information content (AvgIpc) is 3.29. The molecule has 28 heavy (non-hydrogen) atoms. The minimum Gasteiger partial charge on any atom is -0.496 e. The number of rotatable bonds is 7. The maximum Gasteiger partial charge on any atom is 0.342 e. The van der Waals surface area contributed by atoms with E-state index in [1.807, 2.05) is 30.3 Å². The number of esters is 1. The molecule has 5 heteroatoms. The third-order valence-electron chi connectivity index (χ3n) is 6.22. The molecular formula is C23H25FO4. The van der Waals surface area contributed by atoms with Crippen molar-refractivity contribution in [3.05, 3.63) is 59.4 Å². The molecule has 3 atom stereocenters. The van der Waals surface area contributed by atoms with Gasteiger partial charge in [0.2, 0.25) is 0 Å². The lowest BCUT2D eigenvalue weighted by Crippen LogP contribution is -2.17. The molecule has 0 bridgehead atoms. The van der Waals surface area contributed by atoms with E-state index in [0.717, 1.165) is 24.8 Å². The van der Waals surface area contributed by atoms with E-state index in [2.05, 4.69) is 6.92 Å². The van der Waals surface area contributed by atoms with Crippen LogP contribution in [0.15, 0.2) is 42.5 Å². The zero-order valence-electron chi connectivity index (χ0n) is 16.2. The van der Waals surface area contributed by atoms with Gasteiger partial charge in [-0.3, -0.25) is 0 Å². The molecule has 0 aliphatic heterocycles. The highest BCUT2D eigenvalue weighted by Crippen LogP contribution is 2.65. The number of halogens is 1. The minimum atomic E-state index is -0.565. The van der Waals surface area contributed by atoms with Crippen molar-refractivity contribution in [2.75, 3.05) is 7.11 Å². The fourth-order valence-corrected chi connectivity index (χ4v) is 4.47. The van der Waals surface area contributed by atoms with Crippen molar-refractivity contribution in [1.29, 1.82) is 0 Å². The summed E-state index contributed by atoms with van der Waals surface area (Å²) in [7, 11) is 1.40. The van der Waals surface area contributed by atoms with Crippen LogP contribution in [-0.2, 0) is 11.3 Å². The SMILES string of the molecule is CC[C@@]12C[C@H](Oc3cc(C(=O)OCc4ccccc4)c(OC)cc3F)C[C@@H]1C2. The minimum absolute atomic E-state index is 0.00483. The molecule has 0 unspecified atom stereocenters. The number of ether oxygens (including phenoxy) is 3. The quantitative estimate of drug-likeness (QED) is 0.620. The summed E-state index contributed by atoms with van der Waals surface area (Å²) >= 11 is 0. The van der Waals surface area contributed by atoms with E-state index in [1.165, 1.54) is 25.7 Å². The molecule has 2 aromatic rings. The Kier molecular flexibility index (Phi) is 5.00. The number of carbonyl (C=O) groups is 1. The highest BCUT2D eigenvalue weighted by molar-refractivity contribution is 5.93. The molecule has 0 N–H and O–H groups in total. The Morgan fingerprint density at radius 3 is 2.64 bits per heavy atom. The van der Waals surface area contributed by atoms with Gasteiger partial charge in [-0.2, -0.15) is 0 Å². The third-order valence-corrected chi connectivity index (χ3v) is 6.22. The predicted molar refractivity (Wildman–Crippen MR) is 103 cm³/mol. The monoisotopic (exact) mass is 384 g/mol. The van der Waals surface area contributed by atoms with Crippen LogP contribution in [0.5, 0.6) is 11.5 Å². The van der Waals surface area contributed by atoms with Gasteiger partial charge in [0.15, 0.2) is 11.6 Å². The molecule has 4 rings (SSSR count). The van der Waals surface area contributed by atoms with E-state index in [4.69, 9.17) is 14.2 Å². The van der Waals surface area contributed by atoms with Crippen LogP contribution in [0, 0.1) is 17.2 Å². The second-order valence-corrected chi connectivity index (χ2v) is 7.84. The first-order valence-electron chi connectivity index (χ1n) is 9.80. The van der Waals surface area contributed by atoms with E-state index in [-0.39, 0.29) is 29.8 Å². The van der Waals surface area contributed by atoms with Gasteiger partial charge >= 0.3 is 5.97 Å². The summed E-state index contributed by atoms with van der Waals surface area (Å²) in [6.45, 7) is 2.34. The standard InChI is InChI=1S/C23H25FO4/c1-3-23-12-16(23)9-17(13-23)28-21-10-18(20(26-2)11-19(21)24)22(25)27-14-15-7-5-4-6-8-15/h4-8,10-11,16-17H,3,9,12-14H2,1-2H3/t16-,17-,23-/m1/s1. The van der Waals surface area contributed by atoms with Crippen molar-refractivity contribution >= 4 is 5.97 Å². The Morgan fingerprint density at radius 1 is 1.18 bits per heavy atom. The highest BCUT2D eigenvalue weighted by atomic mass is 19.1. The molecule has 4 nitrogen and oxygen atoms in total. The van der Waals surface area contributed by atoms with Crippen LogP contribution in [0.2, 0.25) is 0 Å². The van der Waals surface area contributed by atoms with Crippen LogP contribution in [0.3, 0.4) is 0 Å². The fraction of sp³-hybridized carbons (Fsp3) is 0.435. The molecule has 2 saturated carbocycles. The molecule has 2 aliphatic rings. The fourth-order valence-electron chi connectivity index (χ4n) is 4.47. The molecule has 0 amide bonds. The first kappa shape index (κ1) is 18.8. The van der Waals surface area contributed by atoms with Gasteiger partial charge in [0, 0.05) is 12.1 Å². The Balaban J connectivity index is 1.48. The Morgan fingerprint density at radius 2 is 1.96 bits per heavy atom. The summed E-state index contributed by atoms with van der Waals surface area (Å²) in [6.07, 6.45) is 4.29. The smallest absolute Gasteiger partial charge is 0.342 e. The number of hydrogen-bond acceptors (Lipinski definition) is 4. The maximum atomic E-state index is 14.5. The molecule has 2 aromatic carbocycles. The van der Waals surface area contributed by atoms with E-state index in [0.29, 0.717) is 11.3 Å². The molecule has 0 radical (unpaired) electrons. The second-order valence-electron chi connectivity index (χ2n) is 7.84. The number of carbonyl (C=O) groups excluding carboxylic acids is 1. The zero-order valence-corrected chi connectivity index (χ0v) is 16.2. The zero-order chi connectivity index (χ0) is 19.7. The highest BCUT2D eigenvalue weighted by Gasteiger charge is 2.59. The van der Waals surface area contributed by atoms with Crippen molar-refractivity contribution < 1.29 is 23.4 Å². The summed E-state index contributed by atoms with van der Waals surface area (Å²) in [5.41, 5.74) is 1.44. The molecule has 2 aliphatic carbocycles. The number of fused-ring (bicyclic) bond motifs is 1. The Labute approximate surface area is 164 Å². The molecule has 0 heterocycles. The topological polar surface area (TPSA) is 44.8 Å². The molecule has 0 spiro atoms. The van der Waals surface area contributed by atoms with E-state index >= 15 is 0 Å². The number of methoxy groups -OCH3 is 1. The molecular weight excluding hydrogens is 359 g/mol. The maximum absolute atomic E-state index is 14.5. The first-order chi connectivity index (χ1) is 13.5. The van der Waals surface area contributed by atoms with Crippen LogP contribution in [-0.4, -0.2) is 19.2 Å². The summed E-state index contributed by atoms with van der Waals surface area (Å²) in [4.78, 5) is 12.6. The molecule has 148 valence electrons. The van der Waals surface area contributed by atoms with Gasteiger partial charge in [-0.15, -0.1) is 0 Å². The summed E-state index contributed by atoms with van der Waals surface area (Å²) in [5.74, 6) is -0.168. The second kappa shape index (κ2) is 7.46. The molecule has 0 aromatic heterocycles. The van der Waals surface area contributed by atoms with E-state index in [1.54, 1.807) is 0 Å². The average molecular weight is 384 g/mol. The van der Waals surface area contributed by atoms with E-state index in [9.17, 15) is 9.18 Å². The summed E-state index contributed by atoms with van der Waals surface area (Å²) in [6, 6.07) is 12.0. The van der Waals surface area contributed by atoms with Crippen LogP contribution in [0.1, 0.15) is 48.5 Å². The van der Waals surface area contributed by atoms with E-state index < -0.39 is 11.8 Å². The lowest BCUT2D eigenvalue weighted by atomic mass is 10.00. The largest absolute Gasteiger partial charge is 0.496 e. The normalized spacial score (nSPS) is 25.1. The van der Waals surface area contributed by atoms with Crippen molar-refractivity contribution in [2.24, 2.45) is 11.3 Å². The van der Waals surface area contributed by atoms with Crippen molar-refractivity contribution in [3.63, 3.8) is 0 Å². The number of benzene rings is 2. The number of hydrogen-bond donors (Lipinski definition) is 0. The van der Waals surface area contributed by atoms with Gasteiger partial charge in [0.05, 0.1) is 13.2 Å².